The van der Waals surface area contributed by atoms with E-state index in [0.717, 1.165) is 29.6 Å². The van der Waals surface area contributed by atoms with Gasteiger partial charge in [0.05, 0.1) is 11.1 Å². The predicted octanol–water partition coefficient (Wildman–Crippen LogP) is 2.40. The molecule has 0 bridgehead atoms. The summed E-state index contributed by atoms with van der Waals surface area (Å²) in [5.74, 6) is -0.352. The number of pyridine rings is 1. The molecule has 25 heavy (non-hydrogen) atoms. The normalized spacial score (nSPS) is 17.2. The summed E-state index contributed by atoms with van der Waals surface area (Å²) in [5.41, 5.74) is 10.3. The van der Waals surface area contributed by atoms with Gasteiger partial charge in [0.1, 0.15) is 12.1 Å². The lowest BCUT2D eigenvalue weighted by atomic mass is 9.91. The molecule has 0 saturated carbocycles. The number of nitriles is 1. The van der Waals surface area contributed by atoms with Crippen molar-refractivity contribution in [3.63, 3.8) is 0 Å². The minimum atomic E-state index is -0.459. The number of benzene rings is 1. The third-order valence-electron chi connectivity index (χ3n) is 4.90. The van der Waals surface area contributed by atoms with Crippen LogP contribution in [0.5, 0.6) is 0 Å². The third kappa shape index (κ3) is 2.57. The first-order valence-corrected chi connectivity index (χ1v) is 8.29. The molecule has 3 aromatic rings. The lowest BCUT2D eigenvalue weighted by Gasteiger charge is -2.35. The summed E-state index contributed by atoms with van der Waals surface area (Å²) in [7, 11) is 0. The number of primary amides is 1. The molecule has 0 radical (unpaired) electrons. The van der Waals surface area contributed by atoms with Crippen molar-refractivity contribution in [3.05, 3.63) is 77.1 Å². The minimum absolute atomic E-state index is 0.352. The number of fused-ring (bicyclic) bond motifs is 2. The summed E-state index contributed by atoms with van der Waals surface area (Å²) < 4.78 is 1.95. The van der Waals surface area contributed by atoms with Crippen LogP contribution in [0.3, 0.4) is 0 Å². The fourth-order valence-corrected chi connectivity index (χ4v) is 3.77. The smallest absolute Gasteiger partial charge is 0.239 e. The van der Waals surface area contributed by atoms with Gasteiger partial charge < -0.3 is 10.1 Å². The van der Waals surface area contributed by atoms with Crippen molar-refractivity contribution in [2.75, 3.05) is 6.54 Å². The second kappa shape index (κ2) is 6.08. The van der Waals surface area contributed by atoms with Crippen molar-refractivity contribution >= 4 is 11.4 Å². The van der Waals surface area contributed by atoms with E-state index in [1.165, 1.54) is 5.56 Å². The van der Waals surface area contributed by atoms with Crippen molar-refractivity contribution in [1.29, 1.82) is 5.26 Å². The lowest BCUT2D eigenvalue weighted by Crippen LogP contribution is -2.42. The molecule has 3 heterocycles. The summed E-state index contributed by atoms with van der Waals surface area (Å²) in [6, 6.07) is 15.6. The van der Waals surface area contributed by atoms with Gasteiger partial charge in [-0.1, -0.05) is 30.3 Å². The largest absolute Gasteiger partial charge is 0.368 e. The molecular weight excluding hydrogens is 312 g/mol. The van der Waals surface area contributed by atoms with Crippen molar-refractivity contribution in [2.45, 2.75) is 19.0 Å². The number of nitrogens with zero attached hydrogens (tertiary/aromatic N) is 3. The summed E-state index contributed by atoms with van der Waals surface area (Å²) in [6.07, 6.45) is 4.76. The number of carbonyl (C=O) groups excluding carboxylic acids is 1. The van der Waals surface area contributed by atoms with E-state index in [0.29, 0.717) is 12.1 Å². The van der Waals surface area contributed by atoms with Crippen LogP contribution in [0.2, 0.25) is 0 Å². The number of carbonyl (C=O) groups is 1. The van der Waals surface area contributed by atoms with Gasteiger partial charge in [-0.2, -0.15) is 5.26 Å². The highest BCUT2D eigenvalue weighted by Gasteiger charge is 2.32. The topological polar surface area (TPSA) is 74.5 Å². The Balaban J connectivity index is 1.74. The van der Waals surface area contributed by atoms with Crippen LogP contribution in [0.1, 0.15) is 28.3 Å². The predicted molar refractivity (Wildman–Crippen MR) is 94.6 cm³/mol. The molecule has 5 nitrogen and oxygen atoms in total. The van der Waals surface area contributed by atoms with E-state index in [9.17, 15) is 10.1 Å². The van der Waals surface area contributed by atoms with Gasteiger partial charge in [-0.15, -0.1) is 0 Å². The Morgan fingerprint density at radius 3 is 2.84 bits per heavy atom. The van der Waals surface area contributed by atoms with Gasteiger partial charge in [-0.05, 0) is 29.7 Å². The van der Waals surface area contributed by atoms with Crippen LogP contribution >= 0.6 is 0 Å². The van der Waals surface area contributed by atoms with E-state index in [4.69, 9.17) is 5.73 Å². The van der Waals surface area contributed by atoms with E-state index < -0.39 is 6.04 Å². The average molecular weight is 330 g/mol. The van der Waals surface area contributed by atoms with Crippen LogP contribution in [-0.2, 0) is 17.8 Å². The average Bonchev–Trinajstić information content (AvgIpc) is 2.98. The number of amides is 1. The van der Waals surface area contributed by atoms with Crippen LogP contribution in [0.4, 0.5) is 0 Å². The van der Waals surface area contributed by atoms with Crippen molar-refractivity contribution in [3.8, 4) is 6.07 Å². The van der Waals surface area contributed by atoms with Gasteiger partial charge in [0.2, 0.25) is 5.91 Å². The molecule has 1 amide bonds. The second-order valence-electron chi connectivity index (χ2n) is 6.36. The maximum Gasteiger partial charge on any atom is 0.239 e. The molecule has 5 heteroatoms. The molecule has 1 aromatic carbocycles. The summed E-state index contributed by atoms with van der Waals surface area (Å²) in [5, 5.41) is 9.59. The zero-order valence-electron chi connectivity index (χ0n) is 13.7. The fourth-order valence-electron chi connectivity index (χ4n) is 3.77. The van der Waals surface area contributed by atoms with Gasteiger partial charge in [0.25, 0.3) is 0 Å². The van der Waals surface area contributed by atoms with E-state index in [1.54, 1.807) is 0 Å². The quantitative estimate of drug-likeness (QED) is 0.801. The molecule has 4 rings (SSSR count). The summed E-state index contributed by atoms with van der Waals surface area (Å²) in [4.78, 5) is 14.2. The van der Waals surface area contributed by atoms with Gasteiger partial charge in [0.15, 0.2) is 0 Å². The number of nitrogens with two attached hydrogens (primary N) is 1. The van der Waals surface area contributed by atoms with E-state index in [1.807, 2.05) is 53.2 Å². The molecule has 124 valence electrons. The Kier molecular flexibility index (Phi) is 3.75. The molecule has 1 atom stereocenters. The monoisotopic (exact) mass is 330 g/mol. The third-order valence-corrected chi connectivity index (χ3v) is 4.90. The molecule has 0 fully saturated rings. The second-order valence-corrected chi connectivity index (χ2v) is 6.36. The number of aromatic nitrogens is 1. The van der Waals surface area contributed by atoms with Crippen molar-refractivity contribution in [1.82, 2.24) is 9.30 Å². The van der Waals surface area contributed by atoms with Crippen molar-refractivity contribution in [2.24, 2.45) is 5.73 Å². The van der Waals surface area contributed by atoms with Crippen LogP contribution in [0, 0.1) is 11.3 Å². The van der Waals surface area contributed by atoms with Gasteiger partial charge >= 0.3 is 0 Å². The van der Waals surface area contributed by atoms with E-state index in [2.05, 4.69) is 17.0 Å². The number of hydrogen-bond donors (Lipinski definition) is 1. The fraction of sp³-hybridized carbons (Fsp3) is 0.200. The maximum absolute atomic E-state index is 12.2. The highest BCUT2D eigenvalue weighted by atomic mass is 16.1. The molecule has 0 spiro atoms. The van der Waals surface area contributed by atoms with Crippen LogP contribution in [0.25, 0.3) is 5.52 Å². The lowest BCUT2D eigenvalue weighted by molar-refractivity contribution is -0.124. The highest BCUT2D eigenvalue weighted by Crippen LogP contribution is 2.31. The number of rotatable bonds is 3. The highest BCUT2D eigenvalue weighted by molar-refractivity contribution is 5.82. The Morgan fingerprint density at radius 1 is 1.24 bits per heavy atom. The first kappa shape index (κ1) is 15.4. The van der Waals surface area contributed by atoms with Crippen LogP contribution in [-0.4, -0.2) is 21.8 Å². The zero-order valence-corrected chi connectivity index (χ0v) is 13.7. The van der Waals surface area contributed by atoms with Gasteiger partial charge in [-0.25, -0.2) is 0 Å². The van der Waals surface area contributed by atoms with E-state index >= 15 is 0 Å². The summed E-state index contributed by atoms with van der Waals surface area (Å²) in [6.45, 7) is 1.26. The Hall–Kier alpha value is -3.10. The molecule has 1 aliphatic heterocycles. The number of hydrogen-bond acceptors (Lipinski definition) is 3. The van der Waals surface area contributed by atoms with Crippen LogP contribution in [0.15, 0.2) is 54.9 Å². The molecule has 2 aromatic heterocycles. The Labute approximate surface area is 145 Å². The minimum Gasteiger partial charge on any atom is -0.368 e. The van der Waals surface area contributed by atoms with E-state index in [-0.39, 0.29) is 5.91 Å². The Bertz CT molecular complexity index is 998. The molecule has 0 saturated heterocycles. The maximum atomic E-state index is 12.2. The summed E-state index contributed by atoms with van der Waals surface area (Å²) >= 11 is 0. The first-order valence-electron chi connectivity index (χ1n) is 8.29. The van der Waals surface area contributed by atoms with Gasteiger partial charge in [0, 0.05) is 31.0 Å². The SMILES string of the molecule is N#Cc1c(CN2CCc3ccccc3C2C(N)=O)cn2ccccc12. The molecule has 1 aliphatic rings. The van der Waals surface area contributed by atoms with Gasteiger partial charge in [-0.3, -0.25) is 9.69 Å². The zero-order chi connectivity index (χ0) is 17.4. The molecule has 1 unspecified atom stereocenters. The first-order chi connectivity index (χ1) is 12.2. The molecular formula is C20H18N4O. The molecule has 0 aliphatic carbocycles. The standard InChI is InChI=1S/C20H18N4O/c21-11-17-15(12-23-9-4-3-7-18(17)23)13-24-10-8-14-5-1-2-6-16(14)19(24)20(22)25/h1-7,9,12,19H,8,10,13H2,(H2,22,25). The van der Waals surface area contributed by atoms with Crippen molar-refractivity contribution < 1.29 is 4.79 Å². The van der Waals surface area contributed by atoms with Crippen LogP contribution < -0.4 is 5.73 Å². The Morgan fingerprint density at radius 2 is 2.04 bits per heavy atom. The molecule has 2 N–H and O–H groups in total.